The van der Waals surface area contributed by atoms with Gasteiger partial charge in [-0.1, -0.05) is 42.5 Å². The maximum absolute atomic E-state index is 10.4. The van der Waals surface area contributed by atoms with Gasteiger partial charge >= 0.3 is 0 Å². The molecule has 3 nitrogen and oxygen atoms in total. The lowest BCUT2D eigenvalue weighted by Crippen LogP contribution is -2.34. The summed E-state index contributed by atoms with van der Waals surface area (Å²) >= 11 is 0. The first-order valence-corrected chi connectivity index (χ1v) is 7.27. The number of hydrogen-bond donors (Lipinski definition) is 2. The molecule has 0 unspecified atom stereocenters. The van der Waals surface area contributed by atoms with Gasteiger partial charge in [0, 0.05) is 5.56 Å². The number of aliphatic hydroxyl groups is 2. The number of rotatable bonds is 0. The van der Waals surface area contributed by atoms with Crippen LogP contribution in [0.25, 0.3) is 21.5 Å². The van der Waals surface area contributed by atoms with Gasteiger partial charge in [0.05, 0.1) is 0 Å². The standard InChI is InChI=1S/C18H12O3/c19-15-10-7-6-9-5-4-8-2-1-3-11-12(8)13(9)14(10)18(11)17(21-18)16(15)20/h1-7,15-17,19-20H/t15-,16+,17+,18-/m1/s1. The number of epoxide rings is 1. The van der Waals surface area contributed by atoms with Gasteiger partial charge in [-0.15, -0.1) is 0 Å². The third-order valence-corrected chi connectivity index (χ3v) is 5.44. The minimum absolute atomic E-state index is 0.330. The van der Waals surface area contributed by atoms with Gasteiger partial charge in [-0.25, -0.2) is 0 Å². The Morgan fingerprint density at radius 2 is 1.67 bits per heavy atom. The molecule has 0 radical (unpaired) electrons. The molecule has 6 rings (SSSR count). The number of hydrogen-bond acceptors (Lipinski definition) is 3. The molecule has 0 saturated carbocycles. The van der Waals surface area contributed by atoms with Crippen LogP contribution in [0.4, 0.5) is 0 Å². The van der Waals surface area contributed by atoms with Crippen LogP contribution in [0.1, 0.15) is 22.8 Å². The van der Waals surface area contributed by atoms with Crippen molar-refractivity contribution in [2.45, 2.75) is 23.9 Å². The summed E-state index contributed by atoms with van der Waals surface area (Å²) in [7, 11) is 0. The first kappa shape index (κ1) is 10.7. The van der Waals surface area contributed by atoms with Gasteiger partial charge in [-0.3, -0.25) is 0 Å². The highest BCUT2D eigenvalue weighted by Gasteiger charge is 2.70. The summed E-state index contributed by atoms with van der Waals surface area (Å²) in [5.74, 6) is 0. The van der Waals surface area contributed by atoms with Gasteiger partial charge in [0.25, 0.3) is 0 Å². The van der Waals surface area contributed by atoms with Crippen molar-refractivity contribution < 1.29 is 14.9 Å². The number of benzene rings is 3. The molecule has 21 heavy (non-hydrogen) atoms. The van der Waals surface area contributed by atoms with Crippen molar-refractivity contribution in [1.82, 2.24) is 0 Å². The molecule has 0 aromatic heterocycles. The number of ether oxygens (including phenoxy) is 1. The fraction of sp³-hybridized carbons (Fsp3) is 0.222. The molecule has 0 bridgehead atoms. The van der Waals surface area contributed by atoms with Gasteiger partial charge in [0.2, 0.25) is 0 Å². The molecule has 3 aromatic rings. The summed E-state index contributed by atoms with van der Waals surface area (Å²) in [4.78, 5) is 0. The van der Waals surface area contributed by atoms with Crippen LogP contribution in [0, 0.1) is 0 Å². The highest BCUT2D eigenvalue weighted by atomic mass is 16.6. The summed E-state index contributed by atoms with van der Waals surface area (Å²) in [6, 6.07) is 14.5. The van der Waals surface area contributed by atoms with Crippen LogP contribution in [-0.4, -0.2) is 22.4 Å². The second kappa shape index (κ2) is 2.97. The van der Waals surface area contributed by atoms with E-state index in [9.17, 15) is 10.2 Å². The molecule has 102 valence electrons. The first-order valence-electron chi connectivity index (χ1n) is 7.27. The highest BCUT2D eigenvalue weighted by Crippen LogP contribution is 2.66. The molecule has 3 aromatic carbocycles. The molecule has 1 spiro atoms. The maximum atomic E-state index is 10.4. The predicted molar refractivity (Wildman–Crippen MR) is 78.1 cm³/mol. The highest BCUT2D eigenvalue weighted by molar-refractivity contribution is 6.15. The van der Waals surface area contributed by atoms with E-state index < -0.39 is 17.8 Å². The van der Waals surface area contributed by atoms with E-state index in [1.165, 1.54) is 21.5 Å². The molecule has 4 atom stereocenters. The van der Waals surface area contributed by atoms with Crippen LogP contribution >= 0.6 is 0 Å². The molecule has 1 saturated heterocycles. The van der Waals surface area contributed by atoms with E-state index in [1.54, 1.807) is 0 Å². The Morgan fingerprint density at radius 1 is 0.905 bits per heavy atom. The zero-order chi connectivity index (χ0) is 13.9. The van der Waals surface area contributed by atoms with Crippen LogP contribution < -0.4 is 0 Å². The lowest BCUT2D eigenvalue weighted by molar-refractivity contribution is -0.000470. The summed E-state index contributed by atoms with van der Waals surface area (Å²) in [5, 5.41) is 25.5. The Kier molecular flexibility index (Phi) is 1.52. The normalized spacial score (nSPS) is 34.7. The molecular formula is C18H12O3. The van der Waals surface area contributed by atoms with Crippen LogP contribution in [0.5, 0.6) is 0 Å². The molecular weight excluding hydrogens is 264 g/mol. The minimum Gasteiger partial charge on any atom is -0.387 e. The Hall–Kier alpha value is -1.94. The molecule has 1 heterocycles. The van der Waals surface area contributed by atoms with Crippen LogP contribution in [0.15, 0.2) is 42.5 Å². The van der Waals surface area contributed by atoms with Gasteiger partial charge < -0.3 is 14.9 Å². The second-order valence-corrected chi connectivity index (χ2v) is 6.31. The van der Waals surface area contributed by atoms with E-state index in [0.717, 1.165) is 16.7 Å². The van der Waals surface area contributed by atoms with Crippen molar-refractivity contribution in [2.24, 2.45) is 0 Å². The predicted octanol–water partition coefficient (Wildman–Crippen LogP) is 2.36. The fourth-order valence-corrected chi connectivity index (χ4v) is 4.55. The molecule has 1 fully saturated rings. The van der Waals surface area contributed by atoms with E-state index in [4.69, 9.17) is 4.74 Å². The van der Waals surface area contributed by atoms with Gasteiger partial charge in [0.15, 0.2) is 0 Å². The van der Waals surface area contributed by atoms with Crippen LogP contribution in [0.3, 0.4) is 0 Å². The summed E-state index contributed by atoms with van der Waals surface area (Å²) < 4.78 is 6.00. The smallest absolute Gasteiger partial charge is 0.149 e. The van der Waals surface area contributed by atoms with E-state index >= 15 is 0 Å². The SMILES string of the molecule is O[C@H]1[C@H](O)c2ccc3ccc4cccc5c4c3c2[C@]52O[C@@H]12. The molecule has 0 amide bonds. The average Bonchev–Trinajstić information content (AvgIpc) is 3.20. The summed E-state index contributed by atoms with van der Waals surface area (Å²) in [6.07, 6.45) is -2.06. The summed E-state index contributed by atoms with van der Waals surface area (Å²) in [6.45, 7) is 0. The number of aliphatic hydroxyl groups excluding tert-OH is 2. The maximum Gasteiger partial charge on any atom is 0.149 e. The quantitative estimate of drug-likeness (QED) is 0.489. The third kappa shape index (κ3) is 0.922. The van der Waals surface area contributed by atoms with Crippen molar-refractivity contribution in [1.29, 1.82) is 0 Å². The minimum atomic E-state index is -0.866. The lowest BCUT2D eigenvalue weighted by atomic mass is 9.78. The second-order valence-electron chi connectivity index (χ2n) is 6.31. The topological polar surface area (TPSA) is 53.0 Å². The Balaban J connectivity index is 1.93. The van der Waals surface area contributed by atoms with E-state index in [0.29, 0.717) is 0 Å². The summed E-state index contributed by atoms with van der Waals surface area (Å²) in [5.41, 5.74) is 2.50. The van der Waals surface area contributed by atoms with Gasteiger partial charge in [-0.2, -0.15) is 0 Å². The van der Waals surface area contributed by atoms with Gasteiger partial charge in [0.1, 0.15) is 23.9 Å². The molecule has 2 N–H and O–H groups in total. The van der Waals surface area contributed by atoms with Crippen molar-refractivity contribution in [3.8, 4) is 0 Å². The Morgan fingerprint density at radius 3 is 2.52 bits per heavy atom. The molecule has 3 aliphatic rings. The van der Waals surface area contributed by atoms with Crippen molar-refractivity contribution in [3.05, 3.63) is 59.2 Å². The van der Waals surface area contributed by atoms with E-state index in [-0.39, 0.29) is 6.10 Å². The van der Waals surface area contributed by atoms with Crippen LogP contribution in [-0.2, 0) is 10.3 Å². The molecule has 3 heteroatoms. The van der Waals surface area contributed by atoms with E-state index in [2.05, 4.69) is 24.3 Å². The molecule has 1 aliphatic heterocycles. The zero-order valence-corrected chi connectivity index (χ0v) is 11.1. The fourth-order valence-electron chi connectivity index (χ4n) is 4.55. The van der Waals surface area contributed by atoms with Crippen molar-refractivity contribution >= 4 is 21.5 Å². The van der Waals surface area contributed by atoms with Crippen molar-refractivity contribution in [3.63, 3.8) is 0 Å². The largest absolute Gasteiger partial charge is 0.387 e. The van der Waals surface area contributed by atoms with Gasteiger partial charge in [-0.05, 0) is 32.7 Å². The Labute approximate surface area is 120 Å². The average molecular weight is 276 g/mol. The van der Waals surface area contributed by atoms with E-state index in [1.807, 2.05) is 18.2 Å². The monoisotopic (exact) mass is 276 g/mol. The van der Waals surface area contributed by atoms with Crippen molar-refractivity contribution in [2.75, 3.05) is 0 Å². The zero-order valence-electron chi connectivity index (χ0n) is 11.1. The lowest BCUT2D eigenvalue weighted by Gasteiger charge is -2.27. The first-order chi connectivity index (χ1) is 10.2. The van der Waals surface area contributed by atoms with Crippen LogP contribution in [0.2, 0.25) is 0 Å². The Bertz CT molecular complexity index is 977. The molecule has 2 aliphatic carbocycles. The third-order valence-electron chi connectivity index (χ3n) is 5.44.